The second kappa shape index (κ2) is 13.5. The molecule has 0 fully saturated rings. The maximum absolute atomic E-state index is 2.60. The van der Waals surface area contributed by atoms with Crippen LogP contribution in [0.5, 0.6) is 0 Å². The average Bonchev–Trinajstić information content (AvgIpc) is 3.98. The first kappa shape index (κ1) is 37.9. The van der Waals surface area contributed by atoms with Gasteiger partial charge < -0.3 is 14.4 Å². The van der Waals surface area contributed by atoms with Gasteiger partial charge in [-0.2, -0.15) is 0 Å². The van der Waals surface area contributed by atoms with E-state index in [1.807, 2.05) is 22.7 Å². The molecule has 3 aromatic heterocycles. The Balaban J connectivity index is 1.14. The van der Waals surface area contributed by atoms with Gasteiger partial charge in [-0.3, -0.25) is 0 Å². The predicted octanol–water partition coefficient (Wildman–Crippen LogP) is 15.0. The molecular formula is C58H46BN3S2. The van der Waals surface area contributed by atoms with Crippen LogP contribution in [0.1, 0.15) is 52.7 Å². The zero-order chi connectivity index (χ0) is 43.2. The minimum absolute atomic E-state index is 0.00297. The third-order valence-corrected chi connectivity index (χ3v) is 16.3. The average molecular weight is 860 g/mol. The lowest BCUT2D eigenvalue weighted by molar-refractivity contribution is 0.590. The van der Waals surface area contributed by atoms with Gasteiger partial charge in [0.15, 0.2) is 0 Å². The van der Waals surface area contributed by atoms with E-state index in [9.17, 15) is 0 Å². The molecule has 2 aliphatic heterocycles. The van der Waals surface area contributed by atoms with E-state index < -0.39 is 0 Å². The highest BCUT2D eigenvalue weighted by atomic mass is 32.1. The van der Waals surface area contributed by atoms with Gasteiger partial charge in [0, 0.05) is 79.9 Å². The summed E-state index contributed by atoms with van der Waals surface area (Å²) in [5.41, 5.74) is 16.4. The molecule has 3 nitrogen and oxygen atoms in total. The highest BCUT2D eigenvalue weighted by Gasteiger charge is 2.45. The summed E-state index contributed by atoms with van der Waals surface area (Å²) in [6.45, 7) is 13.8. The molecule has 5 heterocycles. The van der Waals surface area contributed by atoms with Crippen LogP contribution >= 0.6 is 22.7 Å². The number of hydrogen-bond donors (Lipinski definition) is 0. The van der Waals surface area contributed by atoms with E-state index in [-0.39, 0.29) is 17.5 Å². The summed E-state index contributed by atoms with van der Waals surface area (Å²) in [6, 6.07) is 64.5. The molecule has 0 saturated heterocycles. The molecule has 0 N–H and O–H groups in total. The number of rotatable bonds is 3. The summed E-state index contributed by atoms with van der Waals surface area (Å²) in [4.78, 5) is 5.13. The summed E-state index contributed by atoms with van der Waals surface area (Å²) in [5.74, 6) is 0. The summed E-state index contributed by atoms with van der Waals surface area (Å²) in [5, 5.41) is 6.57. The van der Waals surface area contributed by atoms with Crippen molar-refractivity contribution in [2.45, 2.75) is 52.4 Å². The van der Waals surface area contributed by atoms with E-state index in [1.165, 1.54) is 119 Å². The minimum Gasteiger partial charge on any atom is -0.311 e. The van der Waals surface area contributed by atoms with Crippen LogP contribution in [-0.2, 0) is 10.8 Å². The molecule has 2 aliphatic rings. The predicted molar refractivity (Wildman–Crippen MR) is 280 cm³/mol. The van der Waals surface area contributed by atoms with Crippen LogP contribution in [-0.4, -0.2) is 11.3 Å². The number of aromatic nitrogens is 1. The molecule has 0 atom stereocenters. The van der Waals surface area contributed by atoms with E-state index in [1.54, 1.807) is 0 Å². The lowest BCUT2D eigenvalue weighted by Crippen LogP contribution is -2.60. The first-order chi connectivity index (χ1) is 31.0. The summed E-state index contributed by atoms with van der Waals surface area (Å²) < 4.78 is 7.91. The topological polar surface area (TPSA) is 11.4 Å². The van der Waals surface area contributed by atoms with Crippen molar-refractivity contribution in [1.82, 2.24) is 4.57 Å². The number of benzene rings is 8. The quantitative estimate of drug-likeness (QED) is 0.164. The Kier molecular flexibility index (Phi) is 7.98. The van der Waals surface area contributed by atoms with Gasteiger partial charge >= 0.3 is 0 Å². The second-order valence-corrected chi connectivity index (χ2v) is 21.9. The third-order valence-electron chi connectivity index (χ3n) is 13.9. The van der Waals surface area contributed by atoms with Gasteiger partial charge in [-0.05, 0) is 118 Å². The molecule has 8 aromatic carbocycles. The Labute approximate surface area is 382 Å². The Morgan fingerprint density at radius 3 is 1.64 bits per heavy atom. The summed E-state index contributed by atoms with van der Waals surface area (Å²) >= 11 is 3.91. The number of fused-ring (bicyclic) bond motifs is 13. The third kappa shape index (κ3) is 5.39. The first-order valence-electron chi connectivity index (χ1n) is 22.5. The second-order valence-electron chi connectivity index (χ2n) is 19.7. The van der Waals surface area contributed by atoms with Crippen molar-refractivity contribution in [3.05, 3.63) is 181 Å². The van der Waals surface area contributed by atoms with Crippen molar-refractivity contribution in [3.63, 3.8) is 0 Å². The molecule has 11 aromatic rings. The van der Waals surface area contributed by atoms with Crippen molar-refractivity contribution in [2.75, 3.05) is 9.80 Å². The van der Waals surface area contributed by atoms with Crippen molar-refractivity contribution >= 4 is 131 Å². The van der Waals surface area contributed by atoms with Crippen molar-refractivity contribution in [2.24, 2.45) is 0 Å². The zero-order valence-electron chi connectivity index (χ0n) is 36.9. The number of nitrogens with zero attached hydrogens (tertiary/aromatic N) is 3. The van der Waals surface area contributed by atoms with Crippen molar-refractivity contribution in [3.8, 4) is 5.69 Å². The van der Waals surface area contributed by atoms with E-state index in [0.29, 0.717) is 0 Å². The van der Waals surface area contributed by atoms with Crippen LogP contribution in [0.25, 0.3) is 57.8 Å². The molecule has 13 rings (SSSR count). The Morgan fingerprint density at radius 2 is 1.00 bits per heavy atom. The maximum Gasteiger partial charge on any atom is 0.264 e. The molecule has 0 bridgehead atoms. The normalized spacial score (nSPS) is 13.7. The van der Waals surface area contributed by atoms with E-state index in [4.69, 9.17) is 0 Å². The molecule has 0 unspecified atom stereocenters. The lowest BCUT2D eigenvalue weighted by Gasteiger charge is -2.43. The summed E-state index contributed by atoms with van der Waals surface area (Å²) in [6.07, 6.45) is 0. The van der Waals surface area contributed by atoms with Crippen LogP contribution in [0.2, 0.25) is 0 Å². The van der Waals surface area contributed by atoms with Crippen LogP contribution in [0, 0.1) is 0 Å². The summed E-state index contributed by atoms with van der Waals surface area (Å²) in [7, 11) is 0. The Bertz CT molecular complexity index is 3650. The molecule has 0 spiro atoms. The van der Waals surface area contributed by atoms with Crippen LogP contribution in [0.15, 0.2) is 170 Å². The number of hydrogen-bond acceptors (Lipinski definition) is 4. The largest absolute Gasteiger partial charge is 0.311 e. The van der Waals surface area contributed by atoms with Gasteiger partial charge in [0.2, 0.25) is 0 Å². The fourth-order valence-electron chi connectivity index (χ4n) is 10.8. The van der Waals surface area contributed by atoms with Gasteiger partial charge in [0.1, 0.15) is 0 Å². The SMILES string of the molecule is CC(C)(C)c1ccc(N2c3ccc(-n4c5ccccc5c5ccccc54)cc3B3c4sc5c(ccc6sc7ccccc7c65)c4N(c4ccc(C(C)(C)C)cc4)c4cccc2c43)cc1. The molecule has 64 heavy (non-hydrogen) atoms. The first-order valence-corrected chi connectivity index (χ1v) is 24.1. The van der Waals surface area contributed by atoms with Crippen LogP contribution < -0.4 is 25.5 Å². The standard InChI is InChI=1S/C58H46BN3S2/c1-57(2,3)35-22-26-37(27-23-35)60-47-32-30-39(61-45-17-10-7-14-40(45)41-15-8-11-18-46(41)61)34-44(47)59-53-48(60)19-13-20-49(53)62(38-28-24-36(25-29-38)58(4,5)6)54-43-31-33-51-52(55(43)64-56(54)59)42-16-9-12-21-50(42)63-51/h7-34H,1-6H3. The van der Waals surface area contributed by atoms with Gasteiger partial charge in [-0.15, -0.1) is 22.7 Å². The molecule has 0 aliphatic carbocycles. The molecule has 0 amide bonds. The van der Waals surface area contributed by atoms with Gasteiger partial charge in [0.25, 0.3) is 6.71 Å². The van der Waals surface area contributed by atoms with E-state index in [2.05, 4.69) is 226 Å². The van der Waals surface area contributed by atoms with Gasteiger partial charge in [-0.25, -0.2) is 0 Å². The fraction of sp³-hybridized carbons (Fsp3) is 0.138. The Hall–Kier alpha value is -6.60. The van der Waals surface area contributed by atoms with E-state index in [0.717, 1.165) is 0 Å². The zero-order valence-corrected chi connectivity index (χ0v) is 38.5. The van der Waals surface area contributed by atoms with E-state index >= 15 is 0 Å². The fourth-order valence-corrected chi connectivity index (χ4v) is 13.4. The van der Waals surface area contributed by atoms with Crippen molar-refractivity contribution in [1.29, 1.82) is 0 Å². The smallest absolute Gasteiger partial charge is 0.264 e. The molecule has 308 valence electrons. The lowest BCUT2D eigenvalue weighted by atomic mass is 9.36. The van der Waals surface area contributed by atoms with Crippen LogP contribution in [0.4, 0.5) is 34.1 Å². The number of thiophene rings is 2. The highest BCUT2D eigenvalue weighted by Crippen LogP contribution is 2.51. The van der Waals surface area contributed by atoms with Gasteiger partial charge in [0.05, 0.1) is 16.7 Å². The molecule has 0 saturated carbocycles. The van der Waals surface area contributed by atoms with Crippen molar-refractivity contribution < 1.29 is 0 Å². The highest BCUT2D eigenvalue weighted by molar-refractivity contribution is 7.35. The number of anilines is 6. The Morgan fingerprint density at radius 1 is 0.438 bits per heavy atom. The molecule has 0 radical (unpaired) electrons. The number of para-hydroxylation sites is 2. The molecular weight excluding hydrogens is 814 g/mol. The maximum atomic E-state index is 2.60. The minimum atomic E-state index is -0.00297. The monoisotopic (exact) mass is 859 g/mol. The van der Waals surface area contributed by atoms with Gasteiger partial charge in [-0.1, -0.05) is 126 Å². The van der Waals surface area contributed by atoms with Crippen LogP contribution in [0.3, 0.4) is 0 Å². The molecule has 6 heteroatoms.